The normalized spacial score (nSPS) is 23.6. The molecule has 3 N–H and O–H groups in total. The van der Waals surface area contributed by atoms with Crippen molar-refractivity contribution in [2.24, 2.45) is 11.8 Å². The number of hydrogen-bond donors (Lipinski definition) is 2. The topological polar surface area (TPSA) is 63.8 Å². The Hall–Kier alpha value is -1.36. The molecular weight excluding hydrogens is 244 g/mol. The summed E-state index contributed by atoms with van der Waals surface area (Å²) < 4.78 is 1.11. The molecule has 3 rings (SSSR count). The molecule has 2 atom stereocenters. The van der Waals surface area contributed by atoms with Gasteiger partial charge >= 0.3 is 0 Å². The first-order valence-corrected chi connectivity index (χ1v) is 7.36. The van der Waals surface area contributed by atoms with Crippen LogP contribution in [0, 0.1) is 11.8 Å². The van der Waals surface area contributed by atoms with Crippen LogP contribution in [0.15, 0.2) is 11.4 Å². The number of nitrogens with zero attached hydrogens (tertiary/aromatic N) is 2. The Balaban J connectivity index is 1.79. The predicted octanol–water partition coefficient (Wildman–Crippen LogP) is 3.12. The van der Waals surface area contributed by atoms with Crippen LogP contribution in [0.5, 0.6) is 0 Å². The molecule has 1 saturated carbocycles. The second-order valence-electron chi connectivity index (χ2n) is 5.11. The van der Waals surface area contributed by atoms with E-state index in [1.807, 2.05) is 11.4 Å². The minimum atomic E-state index is 0.350. The second kappa shape index (κ2) is 4.72. The zero-order valence-corrected chi connectivity index (χ0v) is 11.3. The number of aromatic nitrogens is 2. The van der Waals surface area contributed by atoms with Crippen LogP contribution in [0.25, 0.3) is 10.2 Å². The first kappa shape index (κ1) is 11.7. The van der Waals surface area contributed by atoms with Crippen LogP contribution in [0.3, 0.4) is 0 Å². The van der Waals surface area contributed by atoms with E-state index >= 15 is 0 Å². The van der Waals surface area contributed by atoms with Gasteiger partial charge in [-0.05, 0) is 29.7 Å². The number of hydrogen-bond acceptors (Lipinski definition) is 5. The minimum absolute atomic E-state index is 0.350. The van der Waals surface area contributed by atoms with Crippen molar-refractivity contribution in [3.63, 3.8) is 0 Å². The lowest BCUT2D eigenvalue weighted by Crippen LogP contribution is -2.17. The van der Waals surface area contributed by atoms with E-state index in [1.54, 1.807) is 11.3 Å². The van der Waals surface area contributed by atoms with Crippen molar-refractivity contribution in [2.75, 3.05) is 17.6 Å². The van der Waals surface area contributed by atoms with Gasteiger partial charge in [-0.15, -0.1) is 11.3 Å². The van der Waals surface area contributed by atoms with Gasteiger partial charge in [0.15, 0.2) is 0 Å². The first-order chi connectivity index (χ1) is 8.74. The maximum absolute atomic E-state index is 5.74. The van der Waals surface area contributed by atoms with E-state index in [2.05, 4.69) is 22.2 Å². The predicted molar refractivity (Wildman–Crippen MR) is 76.8 cm³/mol. The Kier molecular flexibility index (Phi) is 3.07. The highest BCUT2D eigenvalue weighted by atomic mass is 32.1. The van der Waals surface area contributed by atoms with E-state index in [9.17, 15) is 0 Å². The zero-order valence-electron chi connectivity index (χ0n) is 10.5. The van der Waals surface area contributed by atoms with Gasteiger partial charge in [-0.1, -0.05) is 19.8 Å². The molecule has 0 spiro atoms. The molecule has 2 aromatic heterocycles. The highest BCUT2D eigenvalue weighted by Crippen LogP contribution is 2.32. The number of anilines is 2. The molecule has 0 radical (unpaired) electrons. The molecule has 0 aliphatic heterocycles. The summed E-state index contributed by atoms with van der Waals surface area (Å²) >= 11 is 1.66. The highest BCUT2D eigenvalue weighted by molar-refractivity contribution is 7.17. The number of thiophene rings is 1. The van der Waals surface area contributed by atoms with Gasteiger partial charge in [-0.2, -0.15) is 4.98 Å². The number of nitrogen functional groups attached to an aromatic ring is 1. The monoisotopic (exact) mass is 262 g/mol. The Morgan fingerprint density at radius 3 is 3.11 bits per heavy atom. The average molecular weight is 262 g/mol. The Bertz CT molecular complexity index is 551. The number of fused-ring (bicyclic) bond motifs is 1. The van der Waals surface area contributed by atoms with Crippen molar-refractivity contribution in [2.45, 2.75) is 26.2 Å². The molecule has 0 bridgehead atoms. The van der Waals surface area contributed by atoms with Crippen LogP contribution in [0.4, 0.5) is 11.8 Å². The van der Waals surface area contributed by atoms with Gasteiger partial charge in [0.25, 0.3) is 0 Å². The van der Waals surface area contributed by atoms with Gasteiger partial charge in [0, 0.05) is 6.54 Å². The first-order valence-electron chi connectivity index (χ1n) is 6.48. The Morgan fingerprint density at radius 2 is 2.33 bits per heavy atom. The van der Waals surface area contributed by atoms with Gasteiger partial charge in [-0.25, -0.2) is 4.98 Å². The van der Waals surface area contributed by atoms with Crippen molar-refractivity contribution >= 4 is 33.3 Å². The number of nitrogens with two attached hydrogens (primary N) is 1. The molecule has 1 aliphatic rings. The quantitative estimate of drug-likeness (QED) is 0.892. The molecule has 2 aromatic rings. The number of rotatable bonds is 3. The fourth-order valence-corrected chi connectivity index (χ4v) is 3.55. The summed E-state index contributed by atoms with van der Waals surface area (Å²) in [6.45, 7) is 3.33. The molecule has 1 aliphatic carbocycles. The fraction of sp³-hybridized carbons (Fsp3) is 0.538. The van der Waals surface area contributed by atoms with E-state index < -0.39 is 0 Å². The third kappa shape index (κ3) is 2.14. The molecule has 2 heterocycles. The molecule has 0 aromatic carbocycles. The average Bonchev–Trinajstić information content (AvgIpc) is 2.94. The molecule has 4 nitrogen and oxygen atoms in total. The van der Waals surface area contributed by atoms with Crippen LogP contribution in [-0.4, -0.2) is 16.5 Å². The molecule has 5 heteroatoms. The third-order valence-corrected chi connectivity index (χ3v) is 4.80. The van der Waals surface area contributed by atoms with Crippen molar-refractivity contribution in [1.82, 2.24) is 9.97 Å². The van der Waals surface area contributed by atoms with Crippen LogP contribution < -0.4 is 11.1 Å². The van der Waals surface area contributed by atoms with E-state index in [-0.39, 0.29) is 0 Å². The lowest BCUT2D eigenvalue weighted by atomic mass is 9.98. The minimum Gasteiger partial charge on any atom is -0.368 e. The molecule has 0 saturated heterocycles. The molecular formula is C13H18N4S. The van der Waals surface area contributed by atoms with Crippen molar-refractivity contribution in [1.29, 1.82) is 0 Å². The molecule has 18 heavy (non-hydrogen) atoms. The van der Waals surface area contributed by atoms with Crippen LogP contribution in [0.1, 0.15) is 26.2 Å². The summed E-state index contributed by atoms with van der Waals surface area (Å²) in [5.41, 5.74) is 6.68. The lowest BCUT2D eigenvalue weighted by molar-refractivity contribution is 0.439. The van der Waals surface area contributed by atoms with Crippen LogP contribution in [-0.2, 0) is 0 Å². The summed E-state index contributed by atoms with van der Waals surface area (Å²) in [5.74, 6) is 2.82. The molecule has 1 fully saturated rings. The van der Waals surface area contributed by atoms with E-state index in [0.717, 1.165) is 34.4 Å². The Morgan fingerprint density at radius 1 is 1.44 bits per heavy atom. The maximum atomic E-state index is 5.74. The van der Waals surface area contributed by atoms with Gasteiger partial charge in [-0.3, -0.25) is 0 Å². The number of nitrogens with one attached hydrogen (secondary N) is 1. The Labute approximate surface area is 111 Å². The smallest absolute Gasteiger partial charge is 0.222 e. The van der Waals surface area contributed by atoms with Crippen LogP contribution >= 0.6 is 11.3 Å². The van der Waals surface area contributed by atoms with Crippen molar-refractivity contribution in [3.05, 3.63) is 11.4 Å². The SMILES string of the molecule is CC1CCCC1CNc1nc(N)nc2ccsc12. The summed E-state index contributed by atoms with van der Waals surface area (Å²) in [6.07, 6.45) is 4.03. The maximum Gasteiger partial charge on any atom is 0.222 e. The third-order valence-electron chi connectivity index (χ3n) is 3.89. The highest BCUT2D eigenvalue weighted by Gasteiger charge is 2.23. The van der Waals surface area contributed by atoms with E-state index in [1.165, 1.54) is 19.3 Å². The summed E-state index contributed by atoms with van der Waals surface area (Å²) in [7, 11) is 0. The van der Waals surface area contributed by atoms with Gasteiger partial charge in [0.2, 0.25) is 5.95 Å². The molecule has 96 valence electrons. The largest absolute Gasteiger partial charge is 0.368 e. The van der Waals surface area contributed by atoms with Gasteiger partial charge in [0.1, 0.15) is 5.82 Å². The van der Waals surface area contributed by atoms with E-state index in [4.69, 9.17) is 5.73 Å². The molecule has 0 amide bonds. The fourth-order valence-electron chi connectivity index (χ4n) is 2.75. The van der Waals surface area contributed by atoms with Crippen LogP contribution in [0.2, 0.25) is 0 Å². The van der Waals surface area contributed by atoms with Gasteiger partial charge in [0.05, 0.1) is 10.2 Å². The van der Waals surface area contributed by atoms with Crippen molar-refractivity contribution < 1.29 is 0 Å². The summed E-state index contributed by atoms with van der Waals surface area (Å²) in [4.78, 5) is 8.55. The second-order valence-corrected chi connectivity index (χ2v) is 6.03. The van der Waals surface area contributed by atoms with E-state index in [0.29, 0.717) is 5.95 Å². The standard InChI is InChI=1S/C13H18N4S/c1-8-3-2-4-9(8)7-15-12-11-10(5-6-18-11)16-13(14)17-12/h5-6,8-9H,2-4,7H2,1H3,(H3,14,15,16,17). The summed E-state index contributed by atoms with van der Waals surface area (Å²) in [6, 6.07) is 1.99. The van der Waals surface area contributed by atoms with Crippen molar-refractivity contribution in [3.8, 4) is 0 Å². The van der Waals surface area contributed by atoms with Gasteiger partial charge < -0.3 is 11.1 Å². The zero-order chi connectivity index (χ0) is 12.5. The molecule has 2 unspecified atom stereocenters. The lowest BCUT2D eigenvalue weighted by Gasteiger charge is -2.16. The summed E-state index contributed by atoms with van der Waals surface area (Å²) in [5, 5.41) is 5.50.